The Balaban J connectivity index is 1.45. The van der Waals surface area contributed by atoms with Gasteiger partial charge in [-0.05, 0) is 98.3 Å². The van der Waals surface area contributed by atoms with Gasteiger partial charge in [-0.1, -0.05) is 76.6 Å². The number of carbonyl (C=O) groups is 1. The smallest absolute Gasteiger partial charge is 0.343 e. The number of esters is 1. The summed E-state index contributed by atoms with van der Waals surface area (Å²) in [7, 11) is 0. The van der Waals surface area contributed by atoms with Crippen molar-refractivity contribution in [1.82, 2.24) is 0 Å². The number of benzene rings is 3. The number of hydrogen-bond donors (Lipinski definition) is 0. The first-order valence-corrected chi connectivity index (χ1v) is 14.6. The molecular formula is C35H44O4. The molecule has 0 aliphatic carbocycles. The Hall–Kier alpha value is -3.53. The lowest BCUT2D eigenvalue weighted by Gasteiger charge is -2.15. The van der Waals surface area contributed by atoms with E-state index in [2.05, 4.69) is 32.9 Å². The Morgan fingerprint density at radius 3 is 1.87 bits per heavy atom. The monoisotopic (exact) mass is 528 g/mol. The van der Waals surface area contributed by atoms with E-state index in [1.54, 1.807) is 30.5 Å². The van der Waals surface area contributed by atoms with E-state index in [0.717, 1.165) is 29.7 Å². The summed E-state index contributed by atoms with van der Waals surface area (Å²) in [5.41, 5.74) is 2.61. The molecule has 4 nitrogen and oxygen atoms in total. The fraction of sp³-hybridized carbons (Fsp3) is 0.400. The van der Waals surface area contributed by atoms with Crippen LogP contribution in [0.5, 0.6) is 17.2 Å². The highest BCUT2D eigenvalue weighted by Gasteiger charge is 2.10. The minimum Gasteiger partial charge on any atom is -0.491 e. The third kappa shape index (κ3) is 11.0. The van der Waals surface area contributed by atoms with Gasteiger partial charge in [0.1, 0.15) is 17.2 Å². The molecule has 0 N–H and O–H groups in total. The summed E-state index contributed by atoms with van der Waals surface area (Å²) in [6, 6.07) is 22.7. The maximum Gasteiger partial charge on any atom is 0.343 e. The van der Waals surface area contributed by atoms with Crippen LogP contribution in [0.25, 0.3) is 11.1 Å². The Labute approximate surface area is 235 Å². The maximum atomic E-state index is 12.6. The second-order valence-corrected chi connectivity index (χ2v) is 10.1. The molecule has 0 aromatic heterocycles. The van der Waals surface area contributed by atoms with E-state index in [1.165, 1.54) is 51.4 Å². The summed E-state index contributed by atoms with van der Waals surface area (Å²) in [5.74, 6) is 1.69. The second-order valence-electron chi connectivity index (χ2n) is 10.1. The van der Waals surface area contributed by atoms with Crippen molar-refractivity contribution >= 4 is 5.97 Å². The van der Waals surface area contributed by atoms with Crippen molar-refractivity contribution in [2.75, 3.05) is 0 Å². The molecule has 1 atom stereocenters. The summed E-state index contributed by atoms with van der Waals surface area (Å²) in [6.45, 7) is 6.58. The topological polar surface area (TPSA) is 44.8 Å². The van der Waals surface area contributed by atoms with Crippen molar-refractivity contribution < 1.29 is 19.0 Å². The predicted octanol–water partition coefficient (Wildman–Crippen LogP) is 10.2. The van der Waals surface area contributed by atoms with Crippen molar-refractivity contribution in [2.24, 2.45) is 0 Å². The van der Waals surface area contributed by atoms with Crippen LogP contribution in [0.3, 0.4) is 0 Å². The Morgan fingerprint density at radius 2 is 1.26 bits per heavy atom. The highest BCUT2D eigenvalue weighted by Crippen LogP contribution is 2.26. The van der Waals surface area contributed by atoms with E-state index in [-0.39, 0.29) is 6.10 Å². The highest BCUT2D eigenvalue weighted by molar-refractivity contribution is 5.91. The number of ether oxygens (including phenoxy) is 3. The molecule has 0 radical (unpaired) electrons. The largest absolute Gasteiger partial charge is 0.491 e. The van der Waals surface area contributed by atoms with E-state index in [9.17, 15) is 4.79 Å². The van der Waals surface area contributed by atoms with E-state index < -0.39 is 5.97 Å². The lowest BCUT2D eigenvalue weighted by Crippen LogP contribution is -2.11. The van der Waals surface area contributed by atoms with Crippen LogP contribution in [-0.2, 0) is 0 Å². The molecule has 4 heteroatoms. The van der Waals surface area contributed by atoms with Gasteiger partial charge in [-0.2, -0.15) is 0 Å². The molecule has 0 fully saturated rings. The zero-order valence-electron chi connectivity index (χ0n) is 23.9. The average Bonchev–Trinajstić information content (AvgIpc) is 2.96. The number of carbonyl (C=O) groups excluding carboxylic acids is 1. The van der Waals surface area contributed by atoms with Crippen LogP contribution in [0.4, 0.5) is 0 Å². The molecule has 3 aromatic rings. The van der Waals surface area contributed by atoms with Crippen molar-refractivity contribution in [1.29, 1.82) is 0 Å². The van der Waals surface area contributed by atoms with E-state index >= 15 is 0 Å². The predicted molar refractivity (Wildman–Crippen MR) is 161 cm³/mol. The number of allylic oxidation sites excluding steroid dienone is 1. The third-order valence-corrected chi connectivity index (χ3v) is 6.67. The maximum absolute atomic E-state index is 12.6. The average molecular weight is 529 g/mol. The zero-order chi connectivity index (χ0) is 27.7. The van der Waals surface area contributed by atoms with Gasteiger partial charge in [0.25, 0.3) is 0 Å². The van der Waals surface area contributed by atoms with Crippen molar-refractivity contribution in [3.05, 3.63) is 90.7 Å². The third-order valence-electron chi connectivity index (χ3n) is 6.67. The Kier molecular flexibility index (Phi) is 13.2. The molecule has 0 aliphatic rings. The summed E-state index contributed by atoms with van der Waals surface area (Å²) in [4.78, 5) is 12.6. The van der Waals surface area contributed by atoms with Gasteiger partial charge in [0, 0.05) is 0 Å². The zero-order valence-corrected chi connectivity index (χ0v) is 23.9. The standard InChI is InChI=1S/C35H44O4/c1-4-6-8-10-11-13-27-37-32-21-19-31(20-22-32)35(36)39-34-25-17-30(18-26-34)29-15-23-33(24-16-29)38-28(3)14-12-9-7-5-2/h13,15-28H,4-12,14H2,1-3H3/b27-13+/t28-/m0/s1. The van der Waals surface area contributed by atoms with Crippen LogP contribution < -0.4 is 14.2 Å². The SMILES string of the molecule is CCCCCC/C=C/Oc1ccc(C(=O)Oc2ccc(-c3ccc(O[C@@H](C)CCCCCC)cc3)cc2)cc1. The van der Waals surface area contributed by atoms with Gasteiger partial charge >= 0.3 is 5.97 Å². The van der Waals surface area contributed by atoms with Crippen LogP contribution in [0.2, 0.25) is 0 Å². The molecule has 0 saturated carbocycles. The first-order valence-electron chi connectivity index (χ1n) is 14.6. The molecule has 0 heterocycles. The van der Waals surface area contributed by atoms with Gasteiger partial charge in [0.2, 0.25) is 0 Å². The minimum atomic E-state index is -0.397. The van der Waals surface area contributed by atoms with Crippen LogP contribution in [0.15, 0.2) is 85.1 Å². The summed E-state index contributed by atoms with van der Waals surface area (Å²) >= 11 is 0. The van der Waals surface area contributed by atoms with Crippen molar-refractivity contribution in [3.8, 4) is 28.4 Å². The fourth-order valence-electron chi connectivity index (χ4n) is 4.31. The van der Waals surface area contributed by atoms with Crippen LogP contribution in [0, 0.1) is 0 Å². The molecule has 0 bridgehead atoms. The molecular weight excluding hydrogens is 484 g/mol. The van der Waals surface area contributed by atoms with Gasteiger partial charge < -0.3 is 14.2 Å². The van der Waals surface area contributed by atoms with Crippen LogP contribution in [0.1, 0.15) is 95.3 Å². The minimum absolute atomic E-state index is 0.215. The Bertz CT molecular complexity index is 1110. The summed E-state index contributed by atoms with van der Waals surface area (Å²) in [5, 5.41) is 0. The van der Waals surface area contributed by atoms with Gasteiger partial charge in [-0.25, -0.2) is 4.79 Å². The van der Waals surface area contributed by atoms with E-state index in [1.807, 2.05) is 42.5 Å². The van der Waals surface area contributed by atoms with Crippen molar-refractivity contribution in [2.45, 2.75) is 91.1 Å². The molecule has 3 aromatic carbocycles. The summed E-state index contributed by atoms with van der Waals surface area (Å²) < 4.78 is 17.3. The van der Waals surface area contributed by atoms with Gasteiger partial charge in [-0.15, -0.1) is 0 Å². The molecule has 0 saturated heterocycles. The van der Waals surface area contributed by atoms with Gasteiger partial charge in [0.15, 0.2) is 0 Å². The highest BCUT2D eigenvalue weighted by atomic mass is 16.5. The molecule has 3 rings (SSSR count). The summed E-state index contributed by atoms with van der Waals surface area (Å²) in [6.07, 6.45) is 16.0. The van der Waals surface area contributed by atoms with Crippen LogP contribution >= 0.6 is 0 Å². The van der Waals surface area contributed by atoms with Gasteiger partial charge in [0.05, 0.1) is 17.9 Å². The molecule has 39 heavy (non-hydrogen) atoms. The van der Waals surface area contributed by atoms with E-state index in [0.29, 0.717) is 17.1 Å². The normalized spacial score (nSPS) is 11.9. The lowest BCUT2D eigenvalue weighted by molar-refractivity contribution is 0.0734. The van der Waals surface area contributed by atoms with Crippen molar-refractivity contribution in [3.63, 3.8) is 0 Å². The molecule has 0 unspecified atom stereocenters. The second kappa shape index (κ2) is 17.1. The molecule has 0 amide bonds. The molecule has 0 spiro atoms. The molecule has 0 aliphatic heterocycles. The first kappa shape index (κ1) is 30.0. The number of rotatable bonds is 17. The van der Waals surface area contributed by atoms with E-state index in [4.69, 9.17) is 14.2 Å². The fourth-order valence-corrected chi connectivity index (χ4v) is 4.31. The number of unbranched alkanes of at least 4 members (excludes halogenated alkanes) is 7. The molecule has 208 valence electrons. The Morgan fingerprint density at radius 1 is 0.692 bits per heavy atom. The quantitative estimate of drug-likeness (QED) is 0.0756. The van der Waals surface area contributed by atoms with Crippen LogP contribution in [-0.4, -0.2) is 12.1 Å². The first-order chi connectivity index (χ1) is 19.1. The number of hydrogen-bond acceptors (Lipinski definition) is 4. The lowest BCUT2D eigenvalue weighted by atomic mass is 10.1. The van der Waals surface area contributed by atoms with Gasteiger partial charge in [-0.3, -0.25) is 0 Å².